The lowest BCUT2D eigenvalue weighted by molar-refractivity contribution is 0.318. The van der Waals surface area contributed by atoms with Crippen LogP contribution in [0.1, 0.15) is 25.1 Å². The Morgan fingerprint density at radius 3 is 3.00 bits per heavy atom. The quantitative estimate of drug-likeness (QED) is 0.791. The smallest absolute Gasteiger partial charge is 0.151 e. The molecule has 1 aromatic heterocycles. The highest BCUT2D eigenvalue weighted by Gasteiger charge is 2.33. The van der Waals surface area contributed by atoms with Gasteiger partial charge in [0.25, 0.3) is 0 Å². The summed E-state index contributed by atoms with van der Waals surface area (Å²) in [7, 11) is 1.91. The van der Waals surface area contributed by atoms with Crippen molar-refractivity contribution in [1.29, 1.82) is 0 Å². The van der Waals surface area contributed by atoms with Crippen molar-refractivity contribution in [3.8, 4) is 0 Å². The van der Waals surface area contributed by atoms with Crippen molar-refractivity contribution in [2.24, 2.45) is 7.05 Å². The molecule has 1 aliphatic carbocycles. The minimum Gasteiger partial charge on any atom is -0.312 e. The Morgan fingerprint density at radius 1 is 1.41 bits per heavy atom. The highest BCUT2D eigenvalue weighted by atomic mass is 15.3. The number of nitrogens with zero attached hydrogens (tertiary/aromatic N) is 4. The van der Waals surface area contributed by atoms with Crippen LogP contribution in [-0.4, -0.2) is 51.4 Å². The molecule has 94 valence electrons. The molecule has 3 rings (SSSR count). The molecule has 5 nitrogen and oxygen atoms in total. The molecule has 1 saturated heterocycles. The molecule has 1 atom stereocenters. The lowest BCUT2D eigenvalue weighted by atomic mass is 10.2. The van der Waals surface area contributed by atoms with Gasteiger partial charge < -0.3 is 5.32 Å². The average Bonchev–Trinajstić information content (AvgIpc) is 2.93. The molecule has 0 aromatic carbocycles. The van der Waals surface area contributed by atoms with Crippen molar-refractivity contribution in [3.63, 3.8) is 0 Å². The standard InChI is InChI=1S/C12H21N5/c1-16-9-14-12(15-16)4-6-13-10-5-7-17(8-10)11-2-3-11/h9-11,13H,2-8H2,1H3. The Bertz CT molecular complexity index is 371. The zero-order valence-electron chi connectivity index (χ0n) is 10.5. The Hall–Kier alpha value is -0.940. The molecule has 0 bridgehead atoms. The lowest BCUT2D eigenvalue weighted by Gasteiger charge is -2.15. The van der Waals surface area contributed by atoms with Crippen LogP contribution in [-0.2, 0) is 13.5 Å². The van der Waals surface area contributed by atoms with E-state index in [1.165, 1.54) is 32.4 Å². The van der Waals surface area contributed by atoms with Crippen molar-refractivity contribution in [1.82, 2.24) is 25.0 Å². The fourth-order valence-electron chi connectivity index (χ4n) is 2.61. The SMILES string of the molecule is Cn1cnc(CCNC2CCN(C3CC3)C2)n1. The molecule has 1 unspecified atom stereocenters. The first-order valence-corrected chi connectivity index (χ1v) is 6.63. The molecular formula is C12H21N5. The zero-order valence-corrected chi connectivity index (χ0v) is 10.5. The molecule has 1 N–H and O–H groups in total. The predicted octanol–water partition coefficient (Wildman–Crippen LogP) is 0.184. The lowest BCUT2D eigenvalue weighted by Crippen LogP contribution is -2.34. The van der Waals surface area contributed by atoms with Gasteiger partial charge in [0.15, 0.2) is 5.82 Å². The largest absolute Gasteiger partial charge is 0.312 e. The molecule has 2 heterocycles. The third-order valence-electron chi connectivity index (χ3n) is 3.71. The third-order valence-corrected chi connectivity index (χ3v) is 3.71. The van der Waals surface area contributed by atoms with Gasteiger partial charge in [-0.1, -0.05) is 0 Å². The van der Waals surface area contributed by atoms with Gasteiger partial charge in [-0.05, 0) is 19.3 Å². The first-order valence-electron chi connectivity index (χ1n) is 6.63. The summed E-state index contributed by atoms with van der Waals surface area (Å²) in [6, 6.07) is 1.60. The summed E-state index contributed by atoms with van der Waals surface area (Å²) in [5.41, 5.74) is 0. The van der Waals surface area contributed by atoms with Crippen molar-refractivity contribution < 1.29 is 0 Å². The molecule has 2 aliphatic rings. The number of aromatic nitrogens is 3. The molecular weight excluding hydrogens is 214 g/mol. The second kappa shape index (κ2) is 4.74. The summed E-state index contributed by atoms with van der Waals surface area (Å²) in [4.78, 5) is 6.87. The summed E-state index contributed by atoms with van der Waals surface area (Å²) < 4.78 is 1.76. The minimum atomic E-state index is 0.680. The molecule has 1 aromatic rings. The second-order valence-corrected chi connectivity index (χ2v) is 5.25. The molecule has 17 heavy (non-hydrogen) atoms. The summed E-state index contributed by atoms with van der Waals surface area (Å²) in [5, 5.41) is 7.90. The maximum atomic E-state index is 4.28. The summed E-state index contributed by atoms with van der Waals surface area (Å²) in [5.74, 6) is 0.942. The predicted molar refractivity (Wildman–Crippen MR) is 65.7 cm³/mol. The number of aryl methyl sites for hydroxylation is 1. The van der Waals surface area contributed by atoms with Gasteiger partial charge >= 0.3 is 0 Å². The third kappa shape index (κ3) is 2.84. The van der Waals surface area contributed by atoms with Crippen LogP contribution < -0.4 is 5.32 Å². The highest BCUT2D eigenvalue weighted by molar-refractivity contribution is 4.92. The molecule has 1 saturated carbocycles. The molecule has 0 spiro atoms. The van der Waals surface area contributed by atoms with E-state index >= 15 is 0 Å². The molecule has 0 radical (unpaired) electrons. The van der Waals surface area contributed by atoms with Crippen molar-refractivity contribution in [2.75, 3.05) is 19.6 Å². The van der Waals surface area contributed by atoms with Crippen LogP contribution >= 0.6 is 0 Å². The van der Waals surface area contributed by atoms with E-state index in [4.69, 9.17) is 0 Å². The normalized spacial score (nSPS) is 25.6. The first kappa shape index (κ1) is 11.2. The van der Waals surface area contributed by atoms with Crippen LogP contribution in [0.25, 0.3) is 0 Å². The van der Waals surface area contributed by atoms with Crippen LogP contribution in [0, 0.1) is 0 Å². The minimum absolute atomic E-state index is 0.680. The van der Waals surface area contributed by atoms with Crippen LogP contribution in [0.3, 0.4) is 0 Å². The van der Waals surface area contributed by atoms with Gasteiger partial charge in [0.2, 0.25) is 0 Å². The van der Waals surface area contributed by atoms with E-state index < -0.39 is 0 Å². The van der Waals surface area contributed by atoms with E-state index in [0.717, 1.165) is 24.8 Å². The van der Waals surface area contributed by atoms with E-state index in [-0.39, 0.29) is 0 Å². The maximum Gasteiger partial charge on any atom is 0.151 e. The van der Waals surface area contributed by atoms with Crippen LogP contribution in [0.15, 0.2) is 6.33 Å². The summed E-state index contributed by atoms with van der Waals surface area (Å²) in [6.07, 6.45) is 6.84. The van der Waals surface area contributed by atoms with E-state index in [0.29, 0.717) is 6.04 Å². The summed E-state index contributed by atoms with van der Waals surface area (Å²) in [6.45, 7) is 3.51. The highest BCUT2D eigenvalue weighted by Crippen LogP contribution is 2.29. The van der Waals surface area contributed by atoms with Gasteiger partial charge in [0.1, 0.15) is 6.33 Å². The fraction of sp³-hybridized carbons (Fsp3) is 0.833. The maximum absolute atomic E-state index is 4.28. The number of rotatable bonds is 5. The van der Waals surface area contributed by atoms with Gasteiger partial charge in [-0.2, -0.15) is 5.10 Å². The van der Waals surface area contributed by atoms with Crippen molar-refractivity contribution in [3.05, 3.63) is 12.2 Å². The van der Waals surface area contributed by atoms with Gasteiger partial charge in [-0.3, -0.25) is 9.58 Å². The second-order valence-electron chi connectivity index (χ2n) is 5.25. The molecule has 2 fully saturated rings. The van der Waals surface area contributed by atoms with E-state index in [1.54, 1.807) is 11.0 Å². The van der Waals surface area contributed by atoms with Crippen LogP contribution in [0.4, 0.5) is 0 Å². The Labute approximate surface area is 102 Å². The van der Waals surface area contributed by atoms with Gasteiger partial charge in [-0.25, -0.2) is 4.98 Å². The number of hydrogen-bond acceptors (Lipinski definition) is 4. The summed E-state index contributed by atoms with van der Waals surface area (Å²) >= 11 is 0. The van der Waals surface area contributed by atoms with E-state index in [2.05, 4.69) is 20.3 Å². The van der Waals surface area contributed by atoms with Crippen molar-refractivity contribution >= 4 is 0 Å². The number of nitrogens with one attached hydrogen (secondary N) is 1. The van der Waals surface area contributed by atoms with E-state index in [9.17, 15) is 0 Å². The topological polar surface area (TPSA) is 46.0 Å². The van der Waals surface area contributed by atoms with Crippen LogP contribution in [0.5, 0.6) is 0 Å². The molecule has 1 aliphatic heterocycles. The van der Waals surface area contributed by atoms with Crippen LogP contribution in [0.2, 0.25) is 0 Å². The first-order chi connectivity index (χ1) is 8.31. The van der Waals surface area contributed by atoms with Gasteiger partial charge in [0, 0.05) is 45.2 Å². The average molecular weight is 235 g/mol. The Kier molecular flexibility index (Phi) is 3.11. The monoisotopic (exact) mass is 235 g/mol. The van der Waals surface area contributed by atoms with Gasteiger partial charge in [-0.15, -0.1) is 0 Å². The van der Waals surface area contributed by atoms with E-state index in [1.807, 2.05) is 7.05 Å². The number of hydrogen-bond donors (Lipinski definition) is 1. The molecule has 5 heteroatoms. The fourth-order valence-corrected chi connectivity index (χ4v) is 2.61. The zero-order chi connectivity index (χ0) is 11.7. The van der Waals surface area contributed by atoms with Crippen molar-refractivity contribution in [2.45, 2.75) is 37.8 Å². The molecule has 0 amide bonds. The Balaban J connectivity index is 1.37. The van der Waals surface area contributed by atoms with Gasteiger partial charge in [0.05, 0.1) is 0 Å². The number of likely N-dealkylation sites (tertiary alicyclic amines) is 1. The Morgan fingerprint density at radius 2 is 2.29 bits per heavy atom.